The van der Waals surface area contributed by atoms with Crippen molar-refractivity contribution in [1.82, 2.24) is 20.1 Å². The van der Waals surface area contributed by atoms with Crippen LogP contribution in [0.3, 0.4) is 0 Å². The number of amides is 1. The smallest absolute Gasteiger partial charge is 0.307 e. The number of hydrogen-bond acceptors (Lipinski definition) is 5. The number of carbonyl (C=O) groups excluding carboxylic acids is 2. The fourth-order valence-electron chi connectivity index (χ4n) is 2.91. The Hall–Kier alpha value is -3.22. The van der Waals surface area contributed by atoms with E-state index in [9.17, 15) is 9.59 Å². The van der Waals surface area contributed by atoms with Gasteiger partial charge in [-0.15, -0.1) is 0 Å². The Morgan fingerprint density at radius 2 is 2.00 bits per heavy atom. The number of methoxy groups -OCH3 is 1. The van der Waals surface area contributed by atoms with Gasteiger partial charge in [-0.25, -0.2) is 9.67 Å². The normalized spacial score (nSPS) is 12.0. The van der Waals surface area contributed by atoms with Gasteiger partial charge < -0.3 is 10.1 Å². The monoisotopic (exact) mass is 366 g/mol. The molecule has 27 heavy (non-hydrogen) atoms. The number of ether oxygens (including phenoxy) is 1. The van der Waals surface area contributed by atoms with Gasteiger partial charge in [0.05, 0.1) is 36.4 Å². The number of aromatic nitrogens is 3. The maximum Gasteiger partial charge on any atom is 0.307 e. The molecule has 0 saturated carbocycles. The Balaban J connectivity index is 2.01. The number of nitrogens with zero attached hydrogens (tertiary/aromatic N) is 3. The molecule has 1 N–H and O–H groups in total. The van der Waals surface area contributed by atoms with E-state index in [1.54, 1.807) is 23.9 Å². The highest BCUT2D eigenvalue weighted by Gasteiger charge is 2.19. The molecule has 0 aliphatic heterocycles. The van der Waals surface area contributed by atoms with Crippen molar-refractivity contribution >= 4 is 22.9 Å². The first-order valence-electron chi connectivity index (χ1n) is 8.83. The number of pyridine rings is 1. The van der Waals surface area contributed by atoms with Gasteiger partial charge in [0.2, 0.25) is 0 Å². The molecule has 140 valence electrons. The third-order valence-electron chi connectivity index (χ3n) is 4.30. The predicted molar refractivity (Wildman–Crippen MR) is 102 cm³/mol. The summed E-state index contributed by atoms with van der Waals surface area (Å²) < 4.78 is 6.42. The highest BCUT2D eigenvalue weighted by Crippen LogP contribution is 2.25. The van der Waals surface area contributed by atoms with Crippen LogP contribution in [0.15, 0.2) is 42.6 Å². The van der Waals surface area contributed by atoms with E-state index in [0.29, 0.717) is 28.8 Å². The Bertz CT molecular complexity index is 966. The summed E-state index contributed by atoms with van der Waals surface area (Å²) in [7, 11) is 1.33. The summed E-state index contributed by atoms with van der Waals surface area (Å²) in [6, 6.07) is 11.1. The van der Waals surface area contributed by atoms with Crippen molar-refractivity contribution in [3.8, 4) is 11.3 Å². The van der Waals surface area contributed by atoms with Crippen LogP contribution in [0.5, 0.6) is 0 Å². The molecule has 7 nitrogen and oxygen atoms in total. The van der Waals surface area contributed by atoms with E-state index >= 15 is 0 Å². The van der Waals surface area contributed by atoms with Gasteiger partial charge in [0.15, 0.2) is 5.65 Å². The molecule has 3 aromatic rings. The molecule has 1 unspecified atom stereocenters. The number of benzene rings is 1. The van der Waals surface area contributed by atoms with Crippen LogP contribution in [-0.2, 0) is 16.1 Å². The summed E-state index contributed by atoms with van der Waals surface area (Å²) in [5, 5.41) is 7.87. The fourth-order valence-corrected chi connectivity index (χ4v) is 2.91. The van der Waals surface area contributed by atoms with Crippen LogP contribution in [0.1, 0.15) is 30.6 Å². The number of carbonyl (C=O) groups is 2. The van der Waals surface area contributed by atoms with E-state index in [4.69, 9.17) is 4.98 Å². The maximum atomic E-state index is 12.9. The average Bonchev–Trinajstić information content (AvgIpc) is 3.10. The largest absolute Gasteiger partial charge is 0.469 e. The SMILES string of the molecule is CCn1ncc2c(C(=O)NC(C)CC(=O)OC)cc(-c3ccccc3)nc21. The van der Waals surface area contributed by atoms with Gasteiger partial charge >= 0.3 is 5.97 Å². The first kappa shape index (κ1) is 18.6. The van der Waals surface area contributed by atoms with Gasteiger partial charge in [-0.2, -0.15) is 5.10 Å². The van der Waals surface area contributed by atoms with E-state index in [1.807, 2.05) is 37.3 Å². The predicted octanol–water partition coefficient (Wildman–Crippen LogP) is 2.80. The molecule has 0 spiro atoms. The second-order valence-corrected chi connectivity index (χ2v) is 6.27. The van der Waals surface area contributed by atoms with Crippen molar-refractivity contribution in [1.29, 1.82) is 0 Å². The number of aryl methyl sites for hydroxylation is 1. The fraction of sp³-hybridized carbons (Fsp3) is 0.300. The quantitative estimate of drug-likeness (QED) is 0.678. The third-order valence-corrected chi connectivity index (χ3v) is 4.30. The molecule has 0 radical (unpaired) electrons. The maximum absolute atomic E-state index is 12.9. The first-order chi connectivity index (χ1) is 13.0. The van der Waals surface area contributed by atoms with E-state index in [0.717, 1.165) is 5.56 Å². The number of esters is 1. The van der Waals surface area contributed by atoms with Gasteiger partial charge in [-0.1, -0.05) is 30.3 Å². The molecular weight excluding hydrogens is 344 g/mol. The molecule has 0 aliphatic carbocycles. The van der Waals surface area contributed by atoms with Crippen molar-refractivity contribution in [2.45, 2.75) is 32.9 Å². The van der Waals surface area contributed by atoms with E-state index in [-0.39, 0.29) is 24.3 Å². The molecule has 7 heteroatoms. The minimum absolute atomic E-state index is 0.107. The zero-order chi connectivity index (χ0) is 19.4. The Kier molecular flexibility index (Phi) is 5.49. The lowest BCUT2D eigenvalue weighted by molar-refractivity contribution is -0.141. The third kappa shape index (κ3) is 3.97. The Morgan fingerprint density at radius 3 is 2.67 bits per heavy atom. The Labute approximate surface area is 157 Å². The lowest BCUT2D eigenvalue weighted by Gasteiger charge is -2.14. The number of nitrogens with one attached hydrogen (secondary N) is 1. The van der Waals surface area contributed by atoms with Gasteiger partial charge in [0.1, 0.15) is 0 Å². The first-order valence-corrected chi connectivity index (χ1v) is 8.83. The standard InChI is InChI=1S/C20H22N4O3/c1-4-24-19-16(12-21-24)15(20(26)22-13(2)10-18(25)27-3)11-17(23-19)14-8-6-5-7-9-14/h5-9,11-13H,4,10H2,1-3H3,(H,22,26). The van der Waals surface area contributed by atoms with Crippen LogP contribution < -0.4 is 5.32 Å². The van der Waals surface area contributed by atoms with Gasteiger partial charge in [0.25, 0.3) is 5.91 Å². The lowest BCUT2D eigenvalue weighted by atomic mass is 10.1. The molecule has 0 bridgehead atoms. The minimum Gasteiger partial charge on any atom is -0.469 e. The summed E-state index contributed by atoms with van der Waals surface area (Å²) in [5.74, 6) is -0.641. The summed E-state index contributed by atoms with van der Waals surface area (Å²) >= 11 is 0. The molecule has 0 aliphatic rings. The molecule has 0 saturated heterocycles. The molecule has 3 rings (SSSR count). The molecular formula is C20H22N4O3. The topological polar surface area (TPSA) is 86.1 Å². The van der Waals surface area contributed by atoms with Crippen LogP contribution in [-0.4, -0.2) is 39.8 Å². The van der Waals surface area contributed by atoms with Crippen LogP contribution in [0, 0.1) is 0 Å². The highest BCUT2D eigenvalue weighted by atomic mass is 16.5. The molecule has 2 heterocycles. The van der Waals surface area contributed by atoms with Crippen molar-refractivity contribution in [3.05, 3.63) is 48.2 Å². The number of hydrogen-bond donors (Lipinski definition) is 1. The van der Waals surface area contributed by atoms with E-state index in [1.165, 1.54) is 7.11 Å². The summed E-state index contributed by atoms with van der Waals surface area (Å²) in [6.45, 7) is 4.39. The molecule has 1 atom stereocenters. The van der Waals surface area contributed by atoms with Crippen LogP contribution in [0.4, 0.5) is 0 Å². The zero-order valence-corrected chi connectivity index (χ0v) is 15.6. The summed E-state index contributed by atoms with van der Waals surface area (Å²) in [5.41, 5.74) is 2.75. The van der Waals surface area contributed by atoms with E-state index < -0.39 is 0 Å². The highest BCUT2D eigenvalue weighted by molar-refractivity contribution is 6.06. The van der Waals surface area contributed by atoms with Crippen molar-refractivity contribution in [2.75, 3.05) is 7.11 Å². The second-order valence-electron chi connectivity index (χ2n) is 6.27. The van der Waals surface area contributed by atoms with Crippen molar-refractivity contribution < 1.29 is 14.3 Å². The minimum atomic E-state index is -0.369. The molecule has 1 aromatic carbocycles. The molecule has 0 fully saturated rings. The zero-order valence-electron chi connectivity index (χ0n) is 15.6. The lowest BCUT2D eigenvalue weighted by Crippen LogP contribution is -2.34. The van der Waals surface area contributed by atoms with Crippen molar-refractivity contribution in [3.63, 3.8) is 0 Å². The van der Waals surface area contributed by atoms with Crippen LogP contribution >= 0.6 is 0 Å². The van der Waals surface area contributed by atoms with Crippen LogP contribution in [0.25, 0.3) is 22.3 Å². The average molecular weight is 366 g/mol. The van der Waals surface area contributed by atoms with Gasteiger partial charge in [0, 0.05) is 18.2 Å². The van der Waals surface area contributed by atoms with Gasteiger partial charge in [-0.05, 0) is 19.9 Å². The van der Waals surface area contributed by atoms with Crippen molar-refractivity contribution in [2.24, 2.45) is 0 Å². The van der Waals surface area contributed by atoms with Gasteiger partial charge in [-0.3, -0.25) is 9.59 Å². The molecule has 2 aromatic heterocycles. The summed E-state index contributed by atoms with van der Waals surface area (Å²) in [4.78, 5) is 29.0. The molecule has 1 amide bonds. The summed E-state index contributed by atoms with van der Waals surface area (Å²) in [6.07, 6.45) is 1.76. The number of fused-ring (bicyclic) bond motifs is 1. The number of rotatable bonds is 6. The second kappa shape index (κ2) is 7.99. The van der Waals surface area contributed by atoms with E-state index in [2.05, 4.69) is 15.2 Å². The van der Waals surface area contributed by atoms with Crippen LogP contribution in [0.2, 0.25) is 0 Å². The Morgan fingerprint density at radius 1 is 1.26 bits per heavy atom.